The van der Waals surface area contributed by atoms with Crippen molar-refractivity contribution in [3.8, 4) is 0 Å². The van der Waals surface area contributed by atoms with Crippen LogP contribution in [0.4, 0.5) is 0 Å². The smallest absolute Gasteiger partial charge is 0.0525 e. The van der Waals surface area contributed by atoms with Crippen molar-refractivity contribution >= 4 is 0 Å². The molecule has 0 amide bonds. The summed E-state index contributed by atoms with van der Waals surface area (Å²) in [7, 11) is 0. The second kappa shape index (κ2) is 2.78. The van der Waals surface area contributed by atoms with E-state index in [1.54, 1.807) is 0 Å². The molecule has 1 aliphatic heterocycles. The van der Waals surface area contributed by atoms with Crippen molar-refractivity contribution in [2.24, 2.45) is 11.3 Å². The highest BCUT2D eigenvalue weighted by Crippen LogP contribution is 2.46. The van der Waals surface area contributed by atoms with Crippen molar-refractivity contribution in [2.75, 3.05) is 13.2 Å². The first-order chi connectivity index (χ1) is 5.33. The van der Waals surface area contributed by atoms with Crippen molar-refractivity contribution in [1.82, 2.24) is 0 Å². The Balaban J connectivity index is 2.07. The van der Waals surface area contributed by atoms with Crippen LogP contribution in [0, 0.1) is 11.3 Å². The van der Waals surface area contributed by atoms with Gasteiger partial charge in [0.15, 0.2) is 0 Å². The van der Waals surface area contributed by atoms with Crippen LogP contribution in [0.1, 0.15) is 39.0 Å². The van der Waals surface area contributed by atoms with Crippen LogP contribution in [0.15, 0.2) is 0 Å². The minimum absolute atomic E-state index is 0.609. The van der Waals surface area contributed by atoms with Gasteiger partial charge in [-0.3, -0.25) is 0 Å². The molecule has 2 unspecified atom stereocenters. The van der Waals surface area contributed by atoms with Gasteiger partial charge in [-0.2, -0.15) is 0 Å². The topological polar surface area (TPSA) is 9.23 Å². The lowest BCUT2D eigenvalue weighted by Crippen LogP contribution is -2.32. The molecule has 0 aromatic rings. The Morgan fingerprint density at radius 2 is 2.18 bits per heavy atom. The molecule has 0 aromatic heterocycles. The van der Waals surface area contributed by atoms with E-state index in [1.807, 2.05) is 0 Å². The maximum absolute atomic E-state index is 5.51. The zero-order valence-corrected chi connectivity index (χ0v) is 7.44. The third-order valence-corrected chi connectivity index (χ3v) is 3.74. The van der Waals surface area contributed by atoms with Gasteiger partial charge < -0.3 is 4.74 Å². The molecule has 2 fully saturated rings. The predicted octanol–water partition coefficient (Wildman–Crippen LogP) is 2.60. The molecule has 1 saturated carbocycles. The van der Waals surface area contributed by atoms with E-state index in [9.17, 15) is 0 Å². The van der Waals surface area contributed by atoms with Gasteiger partial charge in [-0.25, -0.2) is 0 Å². The first-order valence-corrected chi connectivity index (χ1v) is 4.91. The zero-order chi connectivity index (χ0) is 7.73. The largest absolute Gasteiger partial charge is 0.381 e. The zero-order valence-electron chi connectivity index (χ0n) is 7.44. The van der Waals surface area contributed by atoms with Gasteiger partial charge in [-0.05, 0) is 24.2 Å². The highest BCUT2D eigenvalue weighted by molar-refractivity contribution is 4.90. The second-order valence-electron chi connectivity index (χ2n) is 4.31. The molecule has 1 heteroatoms. The van der Waals surface area contributed by atoms with Gasteiger partial charge in [-0.1, -0.05) is 26.2 Å². The van der Waals surface area contributed by atoms with Crippen molar-refractivity contribution in [3.05, 3.63) is 0 Å². The van der Waals surface area contributed by atoms with E-state index in [0.717, 1.165) is 19.1 Å². The first kappa shape index (κ1) is 7.60. The molecule has 1 saturated heterocycles. The van der Waals surface area contributed by atoms with Crippen LogP contribution in [0.2, 0.25) is 0 Å². The molecule has 1 aliphatic carbocycles. The molecule has 0 radical (unpaired) electrons. The van der Waals surface area contributed by atoms with Crippen molar-refractivity contribution in [1.29, 1.82) is 0 Å². The summed E-state index contributed by atoms with van der Waals surface area (Å²) in [6.07, 6.45) is 7.07. The maximum atomic E-state index is 5.51. The van der Waals surface area contributed by atoms with Crippen LogP contribution in [-0.4, -0.2) is 13.2 Å². The molecule has 1 nitrogen and oxygen atoms in total. The average molecular weight is 154 g/mol. The monoisotopic (exact) mass is 154 g/mol. The van der Waals surface area contributed by atoms with Crippen LogP contribution in [0.3, 0.4) is 0 Å². The van der Waals surface area contributed by atoms with Gasteiger partial charge >= 0.3 is 0 Å². The first-order valence-electron chi connectivity index (χ1n) is 4.91. The SMILES string of the molecule is CC1CCCCC12CCOC2. The van der Waals surface area contributed by atoms with E-state index in [0.29, 0.717) is 5.41 Å². The molecule has 1 spiro atoms. The lowest BCUT2D eigenvalue weighted by molar-refractivity contribution is 0.0770. The van der Waals surface area contributed by atoms with Gasteiger partial charge in [-0.15, -0.1) is 0 Å². The number of rotatable bonds is 0. The van der Waals surface area contributed by atoms with Gasteiger partial charge in [0, 0.05) is 6.61 Å². The van der Waals surface area contributed by atoms with E-state index in [2.05, 4.69) is 6.92 Å². The molecular weight excluding hydrogens is 136 g/mol. The van der Waals surface area contributed by atoms with Gasteiger partial charge in [0.1, 0.15) is 0 Å². The minimum Gasteiger partial charge on any atom is -0.381 e. The van der Waals surface area contributed by atoms with Gasteiger partial charge in [0.25, 0.3) is 0 Å². The highest BCUT2D eigenvalue weighted by Gasteiger charge is 2.40. The second-order valence-corrected chi connectivity index (χ2v) is 4.31. The molecule has 2 rings (SSSR count). The molecule has 0 N–H and O–H groups in total. The highest BCUT2D eigenvalue weighted by atomic mass is 16.5. The van der Waals surface area contributed by atoms with Crippen LogP contribution >= 0.6 is 0 Å². The number of ether oxygens (including phenoxy) is 1. The van der Waals surface area contributed by atoms with Crippen LogP contribution in [0.25, 0.3) is 0 Å². The standard InChI is InChI=1S/C10H18O/c1-9-4-2-3-5-10(9)6-7-11-8-10/h9H,2-8H2,1H3. The fourth-order valence-electron chi connectivity index (χ4n) is 2.69. The number of hydrogen-bond acceptors (Lipinski definition) is 1. The quantitative estimate of drug-likeness (QED) is 0.521. The normalized spacial score (nSPS) is 45.0. The Kier molecular flexibility index (Phi) is 1.92. The van der Waals surface area contributed by atoms with Gasteiger partial charge in [0.2, 0.25) is 0 Å². The third-order valence-electron chi connectivity index (χ3n) is 3.74. The summed E-state index contributed by atoms with van der Waals surface area (Å²) in [6, 6.07) is 0. The lowest BCUT2D eigenvalue weighted by Gasteiger charge is -2.38. The summed E-state index contributed by atoms with van der Waals surface area (Å²) in [4.78, 5) is 0. The Hall–Kier alpha value is -0.0400. The van der Waals surface area contributed by atoms with Crippen LogP contribution in [-0.2, 0) is 4.74 Å². The van der Waals surface area contributed by atoms with Crippen molar-refractivity contribution in [3.63, 3.8) is 0 Å². The summed E-state index contributed by atoms with van der Waals surface area (Å²) < 4.78 is 5.51. The number of hydrogen-bond donors (Lipinski definition) is 0. The van der Waals surface area contributed by atoms with E-state index in [1.165, 1.54) is 32.1 Å². The predicted molar refractivity (Wildman–Crippen MR) is 45.5 cm³/mol. The molecule has 0 aromatic carbocycles. The molecule has 64 valence electrons. The maximum Gasteiger partial charge on any atom is 0.0525 e. The Morgan fingerprint density at radius 3 is 2.82 bits per heavy atom. The molecule has 2 aliphatic rings. The van der Waals surface area contributed by atoms with E-state index in [-0.39, 0.29) is 0 Å². The summed E-state index contributed by atoms with van der Waals surface area (Å²) >= 11 is 0. The van der Waals surface area contributed by atoms with Crippen molar-refractivity contribution in [2.45, 2.75) is 39.0 Å². The Labute approximate surface area is 69.1 Å². The van der Waals surface area contributed by atoms with E-state index >= 15 is 0 Å². The summed E-state index contributed by atoms with van der Waals surface area (Å²) in [6.45, 7) is 4.48. The Morgan fingerprint density at radius 1 is 1.27 bits per heavy atom. The molecule has 11 heavy (non-hydrogen) atoms. The third kappa shape index (κ3) is 1.20. The fraction of sp³-hybridized carbons (Fsp3) is 1.00. The molecular formula is C10H18O. The summed E-state index contributed by atoms with van der Waals surface area (Å²) in [5.74, 6) is 0.916. The van der Waals surface area contributed by atoms with Crippen LogP contribution < -0.4 is 0 Å². The van der Waals surface area contributed by atoms with Crippen molar-refractivity contribution < 1.29 is 4.74 Å². The van der Waals surface area contributed by atoms with Gasteiger partial charge in [0.05, 0.1) is 6.61 Å². The molecule has 2 atom stereocenters. The van der Waals surface area contributed by atoms with Crippen LogP contribution in [0.5, 0.6) is 0 Å². The summed E-state index contributed by atoms with van der Waals surface area (Å²) in [5.41, 5.74) is 0.609. The lowest BCUT2D eigenvalue weighted by atomic mass is 9.67. The fourth-order valence-corrected chi connectivity index (χ4v) is 2.69. The molecule has 0 bridgehead atoms. The minimum atomic E-state index is 0.609. The summed E-state index contributed by atoms with van der Waals surface area (Å²) in [5, 5.41) is 0. The average Bonchev–Trinajstić information content (AvgIpc) is 2.46. The Bertz CT molecular complexity index is 136. The molecule has 1 heterocycles. The van der Waals surface area contributed by atoms with E-state index < -0.39 is 0 Å². The van der Waals surface area contributed by atoms with E-state index in [4.69, 9.17) is 4.74 Å².